The number of hydrogen-bond donors (Lipinski definition) is 1. The Balaban J connectivity index is 1.73. The highest BCUT2D eigenvalue weighted by molar-refractivity contribution is 5.29. The van der Waals surface area contributed by atoms with Gasteiger partial charge in [-0.25, -0.2) is 0 Å². The van der Waals surface area contributed by atoms with Gasteiger partial charge < -0.3 is 5.73 Å². The standard InChI is InChI=1S/C17H24N2/c1-11-15(10-18)2-3-16(19-11)17-7-12-4-13(8-17)6-14(5-12)9-17/h2-3,12-14H,4-10,18H2,1H3. The molecule has 4 aliphatic carbocycles. The normalized spacial score (nSPS) is 39.8. The van der Waals surface area contributed by atoms with Crippen LogP contribution in [0, 0.1) is 24.7 Å². The number of nitrogens with two attached hydrogens (primary N) is 1. The summed E-state index contributed by atoms with van der Waals surface area (Å²) in [5, 5.41) is 0. The highest BCUT2D eigenvalue weighted by Crippen LogP contribution is 2.60. The maximum Gasteiger partial charge on any atom is 0.0469 e. The number of aryl methyl sites for hydroxylation is 1. The van der Waals surface area contributed by atoms with Gasteiger partial charge in [0.05, 0.1) is 0 Å². The van der Waals surface area contributed by atoms with E-state index in [-0.39, 0.29) is 0 Å². The van der Waals surface area contributed by atoms with Crippen LogP contribution in [-0.4, -0.2) is 4.98 Å². The molecule has 0 unspecified atom stereocenters. The molecule has 1 aromatic heterocycles. The summed E-state index contributed by atoms with van der Waals surface area (Å²) < 4.78 is 0. The second kappa shape index (κ2) is 4.05. The minimum absolute atomic E-state index is 0.423. The van der Waals surface area contributed by atoms with Gasteiger partial charge in [-0.15, -0.1) is 0 Å². The van der Waals surface area contributed by atoms with Crippen molar-refractivity contribution in [3.8, 4) is 0 Å². The van der Waals surface area contributed by atoms with Crippen LogP contribution < -0.4 is 5.73 Å². The fraction of sp³-hybridized carbons (Fsp3) is 0.706. The van der Waals surface area contributed by atoms with Crippen LogP contribution in [0.25, 0.3) is 0 Å². The lowest BCUT2D eigenvalue weighted by molar-refractivity contribution is -0.00727. The molecule has 2 heteroatoms. The van der Waals surface area contributed by atoms with Gasteiger partial charge in [-0.05, 0) is 74.8 Å². The Morgan fingerprint density at radius 2 is 1.68 bits per heavy atom. The maximum absolute atomic E-state index is 5.77. The molecule has 4 saturated carbocycles. The van der Waals surface area contributed by atoms with E-state index in [2.05, 4.69) is 19.1 Å². The van der Waals surface area contributed by atoms with Gasteiger partial charge in [0.1, 0.15) is 0 Å². The highest BCUT2D eigenvalue weighted by Gasteiger charge is 2.52. The number of pyridine rings is 1. The van der Waals surface area contributed by atoms with E-state index >= 15 is 0 Å². The van der Waals surface area contributed by atoms with Crippen molar-refractivity contribution in [1.29, 1.82) is 0 Å². The lowest BCUT2D eigenvalue weighted by Gasteiger charge is -2.56. The Morgan fingerprint density at radius 3 is 2.16 bits per heavy atom. The van der Waals surface area contributed by atoms with E-state index in [0.29, 0.717) is 12.0 Å². The van der Waals surface area contributed by atoms with Crippen LogP contribution in [0.2, 0.25) is 0 Å². The first-order chi connectivity index (χ1) is 9.18. The number of aromatic nitrogens is 1. The molecule has 19 heavy (non-hydrogen) atoms. The van der Waals surface area contributed by atoms with Gasteiger partial charge in [0.2, 0.25) is 0 Å². The summed E-state index contributed by atoms with van der Waals surface area (Å²) in [4.78, 5) is 4.95. The monoisotopic (exact) mass is 256 g/mol. The Kier molecular flexibility index (Phi) is 2.54. The first kappa shape index (κ1) is 11.9. The van der Waals surface area contributed by atoms with Gasteiger partial charge >= 0.3 is 0 Å². The lowest BCUT2D eigenvalue weighted by atomic mass is 9.49. The molecule has 102 valence electrons. The summed E-state index contributed by atoms with van der Waals surface area (Å²) in [5.74, 6) is 2.97. The number of nitrogens with zero attached hydrogens (tertiary/aromatic N) is 1. The molecule has 4 aliphatic rings. The lowest BCUT2D eigenvalue weighted by Crippen LogP contribution is -2.49. The largest absolute Gasteiger partial charge is 0.326 e. The Bertz CT molecular complexity index is 471. The Hall–Kier alpha value is -0.890. The van der Waals surface area contributed by atoms with Crippen molar-refractivity contribution in [3.63, 3.8) is 0 Å². The molecule has 1 aromatic rings. The zero-order valence-corrected chi connectivity index (χ0v) is 11.9. The topological polar surface area (TPSA) is 38.9 Å². The molecular formula is C17H24N2. The first-order valence-electron chi connectivity index (χ1n) is 7.85. The van der Waals surface area contributed by atoms with Crippen molar-refractivity contribution in [1.82, 2.24) is 4.98 Å². The predicted molar refractivity (Wildman–Crippen MR) is 76.7 cm³/mol. The fourth-order valence-corrected chi connectivity index (χ4v) is 5.53. The van der Waals surface area contributed by atoms with Gasteiger partial charge in [0.15, 0.2) is 0 Å². The molecule has 0 radical (unpaired) electrons. The molecule has 0 atom stereocenters. The molecule has 1 heterocycles. The van der Waals surface area contributed by atoms with Crippen LogP contribution in [0.15, 0.2) is 12.1 Å². The van der Waals surface area contributed by atoms with Crippen LogP contribution >= 0.6 is 0 Å². The van der Waals surface area contributed by atoms with Crippen molar-refractivity contribution in [3.05, 3.63) is 29.1 Å². The molecule has 4 bridgehead atoms. The molecule has 4 fully saturated rings. The molecule has 5 rings (SSSR count). The van der Waals surface area contributed by atoms with E-state index in [4.69, 9.17) is 10.7 Å². The van der Waals surface area contributed by atoms with E-state index in [9.17, 15) is 0 Å². The van der Waals surface area contributed by atoms with E-state index in [1.54, 1.807) is 0 Å². The molecule has 0 aromatic carbocycles. The minimum atomic E-state index is 0.423. The Morgan fingerprint density at radius 1 is 1.11 bits per heavy atom. The van der Waals surface area contributed by atoms with Crippen molar-refractivity contribution in [2.24, 2.45) is 23.5 Å². The maximum atomic E-state index is 5.77. The highest BCUT2D eigenvalue weighted by atomic mass is 14.8. The van der Waals surface area contributed by atoms with Crippen molar-refractivity contribution >= 4 is 0 Å². The van der Waals surface area contributed by atoms with E-state index in [1.807, 2.05) is 0 Å². The SMILES string of the molecule is Cc1nc(C23CC4CC(CC(C4)C2)C3)ccc1CN. The molecule has 0 spiro atoms. The van der Waals surface area contributed by atoms with Gasteiger partial charge in [0, 0.05) is 23.3 Å². The summed E-state index contributed by atoms with van der Waals surface area (Å²) in [6, 6.07) is 4.50. The first-order valence-corrected chi connectivity index (χ1v) is 7.85. The van der Waals surface area contributed by atoms with E-state index in [1.165, 1.54) is 49.8 Å². The molecule has 2 nitrogen and oxygen atoms in total. The third-order valence-electron chi connectivity index (χ3n) is 6.00. The van der Waals surface area contributed by atoms with Crippen molar-refractivity contribution < 1.29 is 0 Å². The molecule has 2 N–H and O–H groups in total. The van der Waals surface area contributed by atoms with Crippen molar-refractivity contribution in [2.75, 3.05) is 0 Å². The van der Waals surface area contributed by atoms with Crippen LogP contribution in [0.4, 0.5) is 0 Å². The summed E-state index contributed by atoms with van der Waals surface area (Å²) >= 11 is 0. The van der Waals surface area contributed by atoms with Gasteiger partial charge in [-0.2, -0.15) is 0 Å². The summed E-state index contributed by atoms with van der Waals surface area (Å²) in [5.41, 5.74) is 9.92. The third-order valence-corrected chi connectivity index (χ3v) is 6.00. The predicted octanol–water partition coefficient (Wildman–Crippen LogP) is 3.32. The van der Waals surface area contributed by atoms with Gasteiger partial charge in [0.25, 0.3) is 0 Å². The smallest absolute Gasteiger partial charge is 0.0469 e. The second-order valence-electron chi connectivity index (χ2n) is 7.34. The molecular weight excluding hydrogens is 232 g/mol. The summed E-state index contributed by atoms with van der Waals surface area (Å²) in [7, 11) is 0. The average molecular weight is 256 g/mol. The van der Waals surface area contributed by atoms with Crippen LogP contribution in [0.1, 0.15) is 55.5 Å². The number of hydrogen-bond acceptors (Lipinski definition) is 2. The van der Waals surface area contributed by atoms with E-state index in [0.717, 1.165) is 23.4 Å². The third kappa shape index (κ3) is 1.76. The van der Waals surface area contributed by atoms with Crippen LogP contribution in [0.3, 0.4) is 0 Å². The van der Waals surface area contributed by atoms with Gasteiger partial charge in [-0.1, -0.05) is 6.07 Å². The molecule has 0 aliphatic heterocycles. The summed E-state index contributed by atoms with van der Waals surface area (Å²) in [6.45, 7) is 2.73. The zero-order valence-electron chi connectivity index (χ0n) is 11.9. The Labute approximate surface area is 115 Å². The van der Waals surface area contributed by atoms with Crippen LogP contribution in [-0.2, 0) is 12.0 Å². The average Bonchev–Trinajstić information content (AvgIpc) is 2.37. The zero-order chi connectivity index (χ0) is 13.0. The quantitative estimate of drug-likeness (QED) is 0.881. The molecule has 0 amide bonds. The molecule has 0 saturated heterocycles. The minimum Gasteiger partial charge on any atom is -0.326 e. The number of rotatable bonds is 2. The van der Waals surface area contributed by atoms with Crippen LogP contribution in [0.5, 0.6) is 0 Å². The fourth-order valence-electron chi connectivity index (χ4n) is 5.53. The second-order valence-corrected chi connectivity index (χ2v) is 7.34. The van der Waals surface area contributed by atoms with Gasteiger partial charge in [-0.3, -0.25) is 4.98 Å². The van der Waals surface area contributed by atoms with Crippen molar-refractivity contribution in [2.45, 2.75) is 57.4 Å². The van der Waals surface area contributed by atoms with E-state index < -0.39 is 0 Å². The summed E-state index contributed by atoms with van der Waals surface area (Å²) in [6.07, 6.45) is 8.69.